The van der Waals surface area contributed by atoms with Crippen LogP contribution < -0.4 is 5.32 Å². The van der Waals surface area contributed by atoms with Crippen molar-refractivity contribution >= 4 is 5.95 Å². The second-order valence-corrected chi connectivity index (χ2v) is 4.75. The molecule has 1 N–H and O–H groups in total. The van der Waals surface area contributed by atoms with Gasteiger partial charge in [-0.25, -0.2) is 0 Å². The fourth-order valence-corrected chi connectivity index (χ4v) is 1.62. The highest BCUT2D eigenvalue weighted by atomic mass is 15.3. The third-order valence-corrected chi connectivity index (χ3v) is 2.76. The molecule has 0 fully saturated rings. The van der Waals surface area contributed by atoms with E-state index in [0.29, 0.717) is 11.3 Å². The van der Waals surface area contributed by atoms with E-state index >= 15 is 0 Å². The highest BCUT2D eigenvalue weighted by Crippen LogP contribution is 2.30. The van der Waals surface area contributed by atoms with Crippen LogP contribution in [0.15, 0.2) is 6.33 Å². The molecule has 4 nitrogen and oxygen atoms in total. The zero-order valence-electron chi connectivity index (χ0n) is 8.41. The minimum atomic E-state index is 0.342. The molecule has 2 heterocycles. The number of fused-ring (bicyclic) bond motifs is 1. The highest BCUT2D eigenvalue weighted by Gasteiger charge is 2.28. The summed E-state index contributed by atoms with van der Waals surface area (Å²) in [5, 5.41) is 11.1. The van der Waals surface area contributed by atoms with Crippen molar-refractivity contribution in [1.82, 2.24) is 14.8 Å². The van der Waals surface area contributed by atoms with Gasteiger partial charge in [-0.3, -0.25) is 4.57 Å². The van der Waals surface area contributed by atoms with Gasteiger partial charge in [-0.1, -0.05) is 20.8 Å². The van der Waals surface area contributed by atoms with Gasteiger partial charge in [0, 0.05) is 13.1 Å². The molecule has 1 unspecified atom stereocenters. The molecule has 0 saturated heterocycles. The smallest absolute Gasteiger partial charge is 0.224 e. The maximum atomic E-state index is 3.98. The fourth-order valence-electron chi connectivity index (χ4n) is 1.62. The summed E-state index contributed by atoms with van der Waals surface area (Å²) in [7, 11) is 0. The van der Waals surface area contributed by atoms with Crippen LogP contribution >= 0.6 is 0 Å². The molecule has 0 amide bonds. The number of anilines is 1. The first-order valence-corrected chi connectivity index (χ1v) is 4.69. The summed E-state index contributed by atoms with van der Waals surface area (Å²) in [5.74, 6) is 1.55. The lowest BCUT2D eigenvalue weighted by Gasteiger charge is -2.34. The average Bonchev–Trinajstić information content (AvgIpc) is 2.47. The van der Waals surface area contributed by atoms with Gasteiger partial charge >= 0.3 is 0 Å². The standard InChI is InChI=1S/C9H16N4/c1-9(2,3)7-4-10-8-12-11-6-13(8)5-7/h6-7H,4-5H2,1-3H3,(H,10,12). The first-order valence-electron chi connectivity index (χ1n) is 4.69. The third-order valence-electron chi connectivity index (χ3n) is 2.76. The van der Waals surface area contributed by atoms with Crippen LogP contribution in [0.1, 0.15) is 20.8 Å². The molecule has 0 aliphatic carbocycles. The van der Waals surface area contributed by atoms with Gasteiger partial charge in [-0.2, -0.15) is 0 Å². The Kier molecular flexibility index (Phi) is 1.78. The quantitative estimate of drug-likeness (QED) is 0.655. The number of rotatable bonds is 0. The fraction of sp³-hybridized carbons (Fsp3) is 0.778. The number of hydrogen-bond donors (Lipinski definition) is 1. The normalized spacial score (nSPS) is 22.2. The van der Waals surface area contributed by atoms with Crippen LogP contribution in [-0.4, -0.2) is 21.3 Å². The zero-order chi connectivity index (χ0) is 9.47. The van der Waals surface area contributed by atoms with Gasteiger partial charge in [0.25, 0.3) is 0 Å². The van der Waals surface area contributed by atoms with E-state index in [0.717, 1.165) is 19.0 Å². The van der Waals surface area contributed by atoms with Crippen LogP contribution in [0.25, 0.3) is 0 Å². The molecule has 1 aliphatic rings. The van der Waals surface area contributed by atoms with Gasteiger partial charge in [0.1, 0.15) is 6.33 Å². The van der Waals surface area contributed by atoms with Crippen molar-refractivity contribution in [3.8, 4) is 0 Å². The molecule has 2 rings (SSSR count). The zero-order valence-corrected chi connectivity index (χ0v) is 8.41. The predicted octanol–water partition coefficient (Wildman–Crippen LogP) is 1.37. The van der Waals surface area contributed by atoms with Gasteiger partial charge < -0.3 is 5.32 Å². The Balaban J connectivity index is 2.18. The van der Waals surface area contributed by atoms with Gasteiger partial charge in [-0.15, -0.1) is 10.2 Å². The lowest BCUT2D eigenvalue weighted by Crippen LogP contribution is -2.35. The predicted molar refractivity (Wildman–Crippen MR) is 51.5 cm³/mol. The summed E-state index contributed by atoms with van der Waals surface area (Å²) in [6, 6.07) is 0. The molecule has 0 saturated carbocycles. The SMILES string of the molecule is CC(C)(C)C1CNc2nncn2C1. The van der Waals surface area contributed by atoms with Crippen molar-refractivity contribution in [3.63, 3.8) is 0 Å². The monoisotopic (exact) mass is 180 g/mol. The van der Waals surface area contributed by atoms with E-state index in [4.69, 9.17) is 0 Å². The maximum Gasteiger partial charge on any atom is 0.224 e. The van der Waals surface area contributed by atoms with E-state index in [1.54, 1.807) is 6.33 Å². The molecule has 1 aliphatic heterocycles. The van der Waals surface area contributed by atoms with Gasteiger partial charge in [0.05, 0.1) is 0 Å². The van der Waals surface area contributed by atoms with Crippen LogP contribution in [0.2, 0.25) is 0 Å². The van der Waals surface area contributed by atoms with Gasteiger partial charge in [0.15, 0.2) is 0 Å². The molecule has 1 aromatic heterocycles. The van der Waals surface area contributed by atoms with Crippen molar-refractivity contribution in [1.29, 1.82) is 0 Å². The van der Waals surface area contributed by atoms with Gasteiger partial charge in [0.2, 0.25) is 5.95 Å². The Morgan fingerprint density at radius 3 is 3.00 bits per heavy atom. The van der Waals surface area contributed by atoms with Crippen molar-refractivity contribution in [2.75, 3.05) is 11.9 Å². The van der Waals surface area contributed by atoms with Crippen LogP contribution in [0.3, 0.4) is 0 Å². The summed E-state index contributed by atoms with van der Waals surface area (Å²) in [5.41, 5.74) is 0.342. The van der Waals surface area contributed by atoms with E-state index in [9.17, 15) is 0 Å². The molecular formula is C9H16N4. The van der Waals surface area contributed by atoms with Crippen molar-refractivity contribution < 1.29 is 0 Å². The van der Waals surface area contributed by atoms with Crippen LogP contribution in [0.5, 0.6) is 0 Å². The Morgan fingerprint density at radius 2 is 2.31 bits per heavy atom. The lowest BCUT2D eigenvalue weighted by molar-refractivity contribution is 0.216. The van der Waals surface area contributed by atoms with Crippen molar-refractivity contribution in [2.24, 2.45) is 11.3 Å². The molecule has 0 aromatic carbocycles. The van der Waals surface area contributed by atoms with E-state index in [1.165, 1.54) is 0 Å². The van der Waals surface area contributed by atoms with Gasteiger partial charge in [-0.05, 0) is 11.3 Å². The number of hydrogen-bond acceptors (Lipinski definition) is 3. The topological polar surface area (TPSA) is 42.7 Å². The first-order chi connectivity index (χ1) is 6.07. The molecule has 1 aromatic rings. The second kappa shape index (κ2) is 2.72. The van der Waals surface area contributed by atoms with Crippen LogP contribution in [0, 0.1) is 11.3 Å². The summed E-state index contributed by atoms with van der Waals surface area (Å²) in [6.07, 6.45) is 1.79. The van der Waals surface area contributed by atoms with E-state index < -0.39 is 0 Å². The van der Waals surface area contributed by atoms with E-state index in [-0.39, 0.29) is 0 Å². The second-order valence-electron chi connectivity index (χ2n) is 4.75. The lowest BCUT2D eigenvalue weighted by atomic mass is 9.80. The highest BCUT2D eigenvalue weighted by molar-refractivity contribution is 5.26. The Labute approximate surface area is 78.4 Å². The molecule has 4 heteroatoms. The molecule has 1 atom stereocenters. The first kappa shape index (κ1) is 8.53. The summed E-state index contributed by atoms with van der Waals surface area (Å²) >= 11 is 0. The summed E-state index contributed by atoms with van der Waals surface area (Å²) in [4.78, 5) is 0. The Bertz CT molecular complexity index is 297. The minimum Gasteiger partial charge on any atom is -0.354 e. The van der Waals surface area contributed by atoms with E-state index in [2.05, 4.69) is 40.9 Å². The molecule has 0 spiro atoms. The number of aromatic nitrogens is 3. The molecule has 13 heavy (non-hydrogen) atoms. The third kappa shape index (κ3) is 1.53. The largest absolute Gasteiger partial charge is 0.354 e. The molecule has 0 bridgehead atoms. The minimum absolute atomic E-state index is 0.342. The van der Waals surface area contributed by atoms with Crippen LogP contribution in [-0.2, 0) is 6.54 Å². The Hall–Kier alpha value is -1.06. The summed E-state index contributed by atoms with van der Waals surface area (Å²) < 4.78 is 2.08. The molecule has 0 radical (unpaired) electrons. The van der Waals surface area contributed by atoms with E-state index in [1.807, 2.05) is 0 Å². The number of nitrogens with zero attached hydrogens (tertiary/aromatic N) is 3. The van der Waals surface area contributed by atoms with Crippen molar-refractivity contribution in [2.45, 2.75) is 27.3 Å². The summed E-state index contributed by atoms with van der Waals surface area (Å²) in [6.45, 7) is 8.85. The molecule has 72 valence electrons. The maximum absolute atomic E-state index is 3.98. The average molecular weight is 180 g/mol. The van der Waals surface area contributed by atoms with Crippen LogP contribution in [0.4, 0.5) is 5.95 Å². The number of nitrogens with one attached hydrogen (secondary N) is 1. The van der Waals surface area contributed by atoms with Crippen molar-refractivity contribution in [3.05, 3.63) is 6.33 Å². The Morgan fingerprint density at radius 1 is 1.54 bits per heavy atom. The molecular weight excluding hydrogens is 164 g/mol.